The molecule has 1 aliphatic carbocycles. The maximum absolute atomic E-state index is 13.6. The first-order chi connectivity index (χ1) is 11.0. The minimum Gasteiger partial charge on any atom is -0.454 e. The Kier molecular flexibility index (Phi) is 4.57. The smallest absolute Gasteiger partial charge is 0.341 e. The van der Waals surface area contributed by atoms with Crippen molar-refractivity contribution in [3.05, 3.63) is 68.9 Å². The molecule has 0 fully saturated rings. The fourth-order valence-corrected chi connectivity index (χ4v) is 3.05. The molecule has 2 aromatic rings. The van der Waals surface area contributed by atoms with Crippen LogP contribution in [0.2, 0.25) is 0 Å². The van der Waals surface area contributed by atoms with Crippen LogP contribution in [0.25, 0.3) is 0 Å². The molecule has 23 heavy (non-hydrogen) atoms. The molecule has 0 atom stereocenters. The van der Waals surface area contributed by atoms with E-state index in [0.717, 1.165) is 19.3 Å². The van der Waals surface area contributed by atoms with Gasteiger partial charge in [-0.2, -0.15) is 0 Å². The Labute approximate surface area is 141 Å². The Morgan fingerprint density at radius 1 is 1.09 bits per heavy atom. The van der Waals surface area contributed by atoms with E-state index >= 15 is 0 Å². The van der Waals surface area contributed by atoms with Gasteiger partial charge in [0.2, 0.25) is 0 Å². The van der Waals surface area contributed by atoms with Gasteiger partial charge in [-0.3, -0.25) is 4.79 Å². The number of rotatable bonds is 4. The Bertz CT molecular complexity index is 786. The molecular weight excluding hydrogens is 363 g/mol. The molecule has 2 aromatic carbocycles. The van der Waals surface area contributed by atoms with Gasteiger partial charge in [-0.1, -0.05) is 28.1 Å². The predicted molar refractivity (Wildman–Crippen MR) is 87.2 cm³/mol. The van der Waals surface area contributed by atoms with E-state index in [0.29, 0.717) is 10.0 Å². The highest BCUT2D eigenvalue weighted by Gasteiger charge is 2.18. The monoisotopic (exact) mass is 376 g/mol. The number of ketones is 1. The highest BCUT2D eigenvalue weighted by Crippen LogP contribution is 2.23. The quantitative estimate of drug-likeness (QED) is 0.595. The average Bonchev–Trinajstić information content (AvgIpc) is 3.02. The van der Waals surface area contributed by atoms with Crippen LogP contribution in [0.4, 0.5) is 4.39 Å². The van der Waals surface area contributed by atoms with Gasteiger partial charge < -0.3 is 4.74 Å². The van der Waals surface area contributed by atoms with Crippen molar-refractivity contribution in [1.82, 2.24) is 0 Å². The first kappa shape index (κ1) is 15.9. The van der Waals surface area contributed by atoms with E-state index in [4.69, 9.17) is 4.74 Å². The first-order valence-electron chi connectivity index (χ1n) is 7.32. The Morgan fingerprint density at radius 2 is 1.87 bits per heavy atom. The standard InChI is InChI=1S/C18H14BrFO3/c19-14-6-7-16(20)15(9-14)18(22)23-10-17(21)13-5-4-11-2-1-3-12(11)8-13/h4-9H,1-3,10H2. The molecule has 0 amide bonds. The maximum Gasteiger partial charge on any atom is 0.341 e. The Balaban J connectivity index is 1.67. The van der Waals surface area contributed by atoms with Gasteiger partial charge in [-0.15, -0.1) is 0 Å². The second kappa shape index (κ2) is 6.62. The Morgan fingerprint density at radius 3 is 2.70 bits per heavy atom. The van der Waals surface area contributed by atoms with Gasteiger partial charge in [0.05, 0.1) is 5.56 Å². The number of aryl methyl sites for hydroxylation is 2. The molecule has 0 saturated heterocycles. The van der Waals surface area contributed by atoms with Crippen molar-refractivity contribution < 1.29 is 18.7 Å². The summed E-state index contributed by atoms with van der Waals surface area (Å²) in [5.41, 5.74) is 2.78. The van der Waals surface area contributed by atoms with E-state index in [-0.39, 0.29) is 11.3 Å². The molecule has 0 heterocycles. The fraction of sp³-hybridized carbons (Fsp3) is 0.222. The lowest BCUT2D eigenvalue weighted by Gasteiger charge is -2.07. The van der Waals surface area contributed by atoms with Gasteiger partial charge in [0, 0.05) is 10.0 Å². The molecule has 0 bridgehead atoms. The van der Waals surface area contributed by atoms with Crippen molar-refractivity contribution in [3.8, 4) is 0 Å². The second-order valence-electron chi connectivity index (χ2n) is 5.46. The van der Waals surface area contributed by atoms with E-state index < -0.39 is 18.4 Å². The van der Waals surface area contributed by atoms with Crippen molar-refractivity contribution in [2.24, 2.45) is 0 Å². The maximum atomic E-state index is 13.6. The number of carbonyl (C=O) groups is 2. The molecule has 0 spiro atoms. The lowest BCUT2D eigenvalue weighted by atomic mass is 10.0. The molecular formula is C18H14BrFO3. The Hall–Kier alpha value is -2.01. The normalized spacial score (nSPS) is 12.8. The molecule has 3 rings (SSSR count). The minimum absolute atomic E-state index is 0.193. The summed E-state index contributed by atoms with van der Waals surface area (Å²) in [6, 6.07) is 9.55. The van der Waals surface area contributed by atoms with Crippen molar-refractivity contribution in [1.29, 1.82) is 0 Å². The molecule has 0 aliphatic heterocycles. The summed E-state index contributed by atoms with van der Waals surface area (Å²) in [7, 11) is 0. The minimum atomic E-state index is -0.849. The molecule has 1 aliphatic rings. The van der Waals surface area contributed by atoms with Crippen molar-refractivity contribution in [3.63, 3.8) is 0 Å². The third-order valence-corrected chi connectivity index (χ3v) is 4.40. The number of benzene rings is 2. The van der Waals surface area contributed by atoms with Gasteiger partial charge in [0.1, 0.15) is 5.82 Å². The summed E-state index contributed by atoms with van der Waals surface area (Å²) >= 11 is 3.17. The van der Waals surface area contributed by atoms with E-state index in [1.54, 1.807) is 6.07 Å². The summed E-state index contributed by atoms with van der Waals surface area (Å²) in [5, 5.41) is 0. The summed E-state index contributed by atoms with van der Waals surface area (Å²) in [6.07, 6.45) is 3.12. The zero-order valence-electron chi connectivity index (χ0n) is 12.3. The van der Waals surface area contributed by atoms with Crippen LogP contribution in [0.1, 0.15) is 38.3 Å². The van der Waals surface area contributed by atoms with Crippen LogP contribution in [0.15, 0.2) is 40.9 Å². The predicted octanol–water partition coefficient (Wildman–Crippen LogP) is 4.12. The van der Waals surface area contributed by atoms with Crippen LogP contribution in [-0.4, -0.2) is 18.4 Å². The van der Waals surface area contributed by atoms with Crippen molar-refractivity contribution in [2.75, 3.05) is 6.61 Å². The third kappa shape index (κ3) is 3.50. The van der Waals surface area contributed by atoms with Crippen LogP contribution >= 0.6 is 15.9 Å². The van der Waals surface area contributed by atoms with Gasteiger partial charge in [-0.05, 0) is 54.7 Å². The van der Waals surface area contributed by atoms with E-state index in [2.05, 4.69) is 15.9 Å². The topological polar surface area (TPSA) is 43.4 Å². The SMILES string of the molecule is O=C(COC(=O)c1cc(Br)ccc1F)c1ccc2c(c1)CCC2. The number of carbonyl (C=O) groups excluding carboxylic acids is 2. The number of fused-ring (bicyclic) bond motifs is 1. The highest BCUT2D eigenvalue weighted by molar-refractivity contribution is 9.10. The van der Waals surface area contributed by atoms with E-state index in [1.165, 1.54) is 29.3 Å². The molecule has 0 unspecified atom stereocenters. The van der Waals surface area contributed by atoms with Crippen LogP contribution in [-0.2, 0) is 17.6 Å². The van der Waals surface area contributed by atoms with Crippen molar-refractivity contribution in [2.45, 2.75) is 19.3 Å². The average molecular weight is 377 g/mol. The van der Waals surface area contributed by atoms with Gasteiger partial charge in [0.25, 0.3) is 0 Å². The summed E-state index contributed by atoms with van der Waals surface area (Å²) in [6.45, 7) is -0.399. The summed E-state index contributed by atoms with van der Waals surface area (Å²) < 4.78 is 19.1. The lowest BCUT2D eigenvalue weighted by Crippen LogP contribution is -2.15. The summed E-state index contributed by atoms with van der Waals surface area (Å²) in [5.74, 6) is -1.81. The zero-order valence-corrected chi connectivity index (χ0v) is 13.9. The number of hydrogen-bond donors (Lipinski definition) is 0. The molecule has 3 nitrogen and oxygen atoms in total. The number of halogens is 2. The van der Waals surface area contributed by atoms with Gasteiger partial charge in [-0.25, -0.2) is 9.18 Å². The molecule has 5 heteroatoms. The highest BCUT2D eigenvalue weighted by atomic mass is 79.9. The molecule has 0 aromatic heterocycles. The van der Waals surface area contributed by atoms with Crippen LogP contribution in [0, 0.1) is 5.82 Å². The van der Waals surface area contributed by atoms with Crippen LogP contribution in [0.3, 0.4) is 0 Å². The van der Waals surface area contributed by atoms with Gasteiger partial charge >= 0.3 is 5.97 Å². The third-order valence-electron chi connectivity index (χ3n) is 3.90. The zero-order chi connectivity index (χ0) is 16.4. The second-order valence-corrected chi connectivity index (χ2v) is 6.38. The number of Topliss-reactive ketones (excluding diaryl/α,β-unsaturated/α-hetero) is 1. The van der Waals surface area contributed by atoms with E-state index in [9.17, 15) is 14.0 Å². The van der Waals surface area contributed by atoms with Crippen LogP contribution < -0.4 is 0 Å². The largest absolute Gasteiger partial charge is 0.454 e. The molecule has 118 valence electrons. The lowest BCUT2D eigenvalue weighted by molar-refractivity contribution is 0.0470. The summed E-state index contributed by atoms with van der Waals surface area (Å²) in [4.78, 5) is 24.1. The first-order valence-corrected chi connectivity index (χ1v) is 8.11. The van der Waals surface area contributed by atoms with Gasteiger partial charge in [0.15, 0.2) is 12.4 Å². The van der Waals surface area contributed by atoms with Crippen LogP contribution in [0.5, 0.6) is 0 Å². The van der Waals surface area contributed by atoms with Crippen molar-refractivity contribution >= 4 is 27.7 Å². The van der Waals surface area contributed by atoms with E-state index in [1.807, 2.05) is 12.1 Å². The fourth-order valence-electron chi connectivity index (χ4n) is 2.69. The number of ether oxygens (including phenoxy) is 1. The molecule has 0 N–H and O–H groups in total. The number of esters is 1. The molecule has 0 radical (unpaired) electrons. The molecule has 0 saturated carbocycles. The number of hydrogen-bond acceptors (Lipinski definition) is 3.